The van der Waals surface area contributed by atoms with Gasteiger partial charge >= 0.3 is 0 Å². The summed E-state index contributed by atoms with van der Waals surface area (Å²) < 4.78 is 0. The highest BCUT2D eigenvalue weighted by Gasteiger charge is 2.27. The van der Waals surface area contributed by atoms with Gasteiger partial charge in [-0.05, 0) is 42.9 Å². The highest BCUT2D eigenvalue weighted by molar-refractivity contribution is 5.84. The van der Waals surface area contributed by atoms with Gasteiger partial charge in [0, 0.05) is 18.1 Å². The summed E-state index contributed by atoms with van der Waals surface area (Å²) in [6.45, 7) is 0.620. The minimum absolute atomic E-state index is 0.0911. The molecule has 1 aromatic carbocycles. The number of nitrogens with zero attached hydrogens (tertiary/aromatic N) is 2. The van der Waals surface area contributed by atoms with Crippen LogP contribution in [0.5, 0.6) is 0 Å². The van der Waals surface area contributed by atoms with E-state index < -0.39 is 0 Å². The summed E-state index contributed by atoms with van der Waals surface area (Å²) in [5.41, 5.74) is 4.35. The first-order valence-corrected chi connectivity index (χ1v) is 8.45. The number of fused-ring (bicyclic) bond motifs is 2. The second-order valence-corrected chi connectivity index (χ2v) is 6.29. The Bertz CT molecular complexity index is 865. The number of H-pyrrole nitrogens is 1. The van der Waals surface area contributed by atoms with Crippen molar-refractivity contribution in [2.45, 2.75) is 31.6 Å². The van der Waals surface area contributed by atoms with Crippen molar-refractivity contribution >= 4 is 16.8 Å². The van der Waals surface area contributed by atoms with Crippen LogP contribution in [0.4, 0.5) is 0 Å². The fraction of sp³-hybridized carbons (Fsp3) is 0.316. The van der Waals surface area contributed by atoms with Crippen LogP contribution in [-0.4, -0.2) is 27.6 Å². The van der Waals surface area contributed by atoms with Crippen molar-refractivity contribution in [1.82, 2.24) is 20.5 Å². The molecule has 0 radical (unpaired) electrons. The number of aryl methyl sites for hydroxylation is 1. The molecule has 1 unspecified atom stereocenters. The molecule has 0 saturated carbocycles. The Labute approximate surface area is 140 Å². The number of carbonyl (C=O) groups is 1. The Balaban J connectivity index is 1.42. The van der Waals surface area contributed by atoms with E-state index in [1.54, 1.807) is 0 Å². The number of nitrogens with one attached hydrogen (secondary N) is 2. The molecule has 4 rings (SSSR count). The summed E-state index contributed by atoms with van der Waals surface area (Å²) in [5, 5.41) is 11.3. The van der Waals surface area contributed by atoms with Crippen LogP contribution in [0, 0.1) is 0 Å². The second kappa shape index (κ2) is 6.43. The van der Waals surface area contributed by atoms with Crippen LogP contribution in [0.1, 0.15) is 35.6 Å². The maximum Gasteiger partial charge on any atom is 0.229 e. The van der Waals surface area contributed by atoms with E-state index in [4.69, 9.17) is 0 Å². The number of para-hydroxylation sites is 1. The SMILES string of the molecule is O=C(NCCc1cccc2cccnc12)C1CCCc2cn[nH]c21. The molecule has 0 spiro atoms. The summed E-state index contributed by atoms with van der Waals surface area (Å²) in [6, 6.07) is 10.2. The van der Waals surface area contributed by atoms with Gasteiger partial charge in [0.15, 0.2) is 0 Å². The quantitative estimate of drug-likeness (QED) is 0.776. The summed E-state index contributed by atoms with van der Waals surface area (Å²) in [6.07, 6.45) is 7.37. The number of amides is 1. The largest absolute Gasteiger partial charge is 0.355 e. The van der Waals surface area contributed by atoms with Crippen LogP contribution in [-0.2, 0) is 17.6 Å². The zero-order valence-electron chi connectivity index (χ0n) is 13.5. The molecule has 1 atom stereocenters. The van der Waals surface area contributed by atoms with E-state index in [1.165, 1.54) is 11.1 Å². The predicted molar refractivity (Wildman–Crippen MR) is 92.7 cm³/mol. The third kappa shape index (κ3) is 2.77. The molecule has 3 aromatic rings. The van der Waals surface area contributed by atoms with Crippen LogP contribution >= 0.6 is 0 Å². The molecular formula is C19H20N4O. The van der Waals surface area contributed by atoms with Crippen molar-refractivity contribution in [2.75, 3.05) is 6.54 Å². The number of aromatic amines is 1. The summed E-state index contributed by atoms with van der Waals surface area (Å²) >= 11 is 0. The van der Waals surface area contributed by atoms with Gasteiger partial charge in [-0.2, -0.15) is 5.10 Å². The molecule has 1 aliphatic carbocycles. The van der Waals surface area contributed by atoms with Crippen LogP contribution in [0.25, 0.3) is 10.9 Å². The van der Waals surface area contributed by atoms with E-state index in [1.807, 2.05) is 24.5 Å². The van der Waals surface area contributed by atoms with Crippen LogP contribution < -0.4 is 5.32 Å². The molecule has 24 heavy (non-hydrogen) atoms. The van der Waals surface area contributed by atoms with Crippen LogP contribution in [0.3, 0.4) is 0 Å². The Morgan fingerprint density at radius 2 is 2.21 bits per heavy atom. The summed E-state index contributed by atoms with van der Waals surface area (Å²) in [7, 11) is 0. The van der Waals surface area contributed by atoms with Gasteiger partial charge in [-0.15, -0.1) is 0 Å². The normalized spacial score (nSPS) is 16.8. The minimum atomic E-state index is -0.0955. The highest BCUT2D eigenvalue weighted by atomic mass is 16.1. The molecule has 5 nitrogen and oxygen atoms in total. The smallest absolute Gasteiger partial charge is 0.229 e. The Morgan fingerprint density at radius 3 is 3.17 bits per heavy atom. The van der Waals surface area contributed by atoms with Crippen molar-refractivity contribution in [3.05, 3.63) is 59.5 Å². The third-order valence-corrected chi connectivity index (χ3v) is 4.77. The molecule has 0 fully saturated rings. The fourth-order valence-electron chi connectivity index (χ4n) is 3.54. The number of carbonyl (C=O) groups excluding carboxylic acids is 1. The lowest BCUT2D eigenvalue weighted by atomic mass is 9.87. The van der Waals surface area contributed by atoms with Crippen molar-refractivity contribution in [3.8, 4) is 0 Å². The molecule has 2 aromatic heterocycles. The van der Waals surface area contributed by atoms with Gasteiger partial charge in [0.05, 0.1) is 23.3 Å². The minimum Gasteiger partial charge on any atom is -0.355 e. The van der Waals surface area contributed by atoms with Crippen molar-refractivity contribution in [2.24, 2.45) is 0 Å². The first kappa shape index (κ1) is 14.9. The monoisotopic (exact) mass is 320 g/mol. The molecule has 1 amide bonds. The first-order chi connectivity index (χ1) is 11.8. The lowest BCUT2D eigenvalue weighted by molar-refractivity contribution is -0.122. The molecule has 0 bridgehead atoms. The molecule has 1 aliphatic rings. The zero-order valence-corrected chi connectivity index (χ0v) is 13.5. The number of benzene rings is 1. The Morgan fingerprint density at radius 1 is 1.29 bits per heavy atom. The van der Waals surface area contributed by atoms with Crippen molar-refractivity contribution in [3.63, 3.8) is 0 Å². The number of hydrogen-bond donors (Lipinski definition) is 2. The molecular weight excluding hydrogens is 300 g/mol. The molecule has 0 aliphatic heterocycles. The predicted octanol–water partition coefficient (Wildman–Crippen LogP) is 2.74. The average Bonchev–Trinajstić information content (AvgIpc) is 3.10. The highest BCUT2D eigenvalue weighted by Crippen LogP contribution is 2.29. The lowest BCUT2D eigenvalue weighted by Crippen LogP contribution is -2.32. The fourth-order valence-corrected chi connectivity index (χ4v) is 3.54. The van der Waals surface area contributed by atoms with Gasteiger partial charge in [0.2, 0.25) is 5.91 Å². The van der Waals surface area contributed by atoms with Crippen LogP contribution in [0.2, 0.25) is 0 Å². The zero-order chi connectivity index (χ0) is 16.4. The van der Waals surface area contributed by atoms with Gasteiger partial charge < -0.3 is 5.32 Å². The number of aromatic nitrogens is 3. The van der Waals surface area contributed by atoms with E-state index in [2.05, 4.69) is 38.7 Å². The van der Waals surface area contributed by atoms with Gasteiger partial charge in [-0.1, -0.05) is 24.3 Å². The molecule has 2 N–H and O–H groups in total. The van der Waals surface area contributed by atoms with E-state index in [-0.39, 0.29) is 11.8 Å². The molecule has 0 saturated heterocycles. The van der Waals surface area contributed by atoms with E-state index in [9.17, 15) is 4.79 Å². The Kier molecular flexibility index (Phi) is 3.99. The summed E-state index contributed by atoms with van der Waals surface area (Å²) in [4.78, 5) is 17.0. The topological polar surface area (TPSA) is 70.7 Å². The molecule has 5 heteroatoms. The van der Waals surface area contributed by atoms with E-state index in [0.717, 1.165) is 42.3 Å². The van der Waals surface area contributed by atoms with E-state index in [0.29, 0.717) is 6.54 Å². The lowest BCUT2D eigenvalue weighted by Gasteiger charge is -2.21. The van der Waals surface area contributed by atoms with Gasteiger partial charge in [-0.25, -0.2) is 0 Å². The summed E-state index contributed by atoms with van der Waals surface area (Å²) in [5.74, 6) is -0.00436. The van der Waals surface area contributed by atoms with Crippen molar-refractivity contribution < 1.29 is 4.79 Å². The van der Waals surface area contributed by atoms with Gasteiger partial charge in [0.1, 0.15) is 0 Å². The number of hydrogen-bond acceptors (Lipinski definition) is 3. The third-order valence-electron chi connectivity index (χ3n) is 4.77. The number of pyridine rings is 1. The van der Waals surface area contributed by atoms with Gasteiger partial charge in [0.25, 0.3) is 0 Å². The van der Waals surface area contributed by atoms with Crippen molar-refractivity contribution in [1.29, 1.82) is 0 Å². The number of rotatable bonds is 4. The van der Waals surface area contributed by atoms with Crippen LogP contribution in [0.15, 0.2) is 42.7 Å². The molecule has 122 valence electrons. The Hall–Kier alpha value is -2.69. The standard InChI is InChI=1S/C19H20N4O/c24-19(16-8-2-6-15-12-22-23-18(15)16)21-11-9-14-5-1-4-13-7-3-10-20-17(13)14/h1,3-5,7,10,12,16H,2,6,8-9,11H2,(H,21,24)(H,22,23). The second-order valence-electron chi connectivity index (χ2n) is 6.29. The van der Waals surface area contributed by atoms with E-state index >= 15 is 0 Å². The van der Waals surface area contributed by atoms with Gasteiger partial charge in [-0.3, -0.25) is 14.9 Å². The average molecular weight is 320 g/mol. The maximum absolute atomic E-state index is 12.5. The molecule has 2 heterocycles. The maximum atomic E-state index is 12.5. The first-order valence-electron chi connectivity index (χ1n) is 8.45.